The second kappa shape index (κ2) is 21.2. The van der Waals surface area contributed by atoms with Crippen molar-refractivity contribution in [2.75, 3.05) is 75.3 Å². The minimum Gasteiger partial charge on any atom is -0.508 e. The summed E-state index contributed by atoms with van der Waals surface area (Å²) < 4.78 is 52.2. The number of carbonyl (C=O) groups is 1. The highest BCUT2D eigenvalue weighted by Crippen LogP contribution is 2.44. The van der Waals surface area contributed by atoms with Gasteiger partial charge in [0.15, 0.2) is 5.82 Å². The molecule has 8 heterocycles. The molecule has 6 aromatic rings. The molecule has 15 nitrogen and oxygen atoms in total. The second-order valence-corrected chi connectivity index (χ2v) is 22.1. The second-order valence-electron chi connectivity index (χ2n) is 21.7. The van der Waals surface area contributed by atoms with E-state index in [2.05, 4.69) is 72.0 Å². The molecular formula is C57H63ClF3N11O4. The third-order valence-electron chi connectivity index (χ3n) is 16.3. The zero-order chi connectivity index (χ0) is 53.0. The van der Waals surface area contributed by atoms with Crippen molar-refractivity contribution < 1.29 is 32.9 Å². The number of aliphatic hydroxyl groups is 1. The zero-order valence-electron chi connectivity index (χ0n) is 43.0. The molecule has 0 saturated carbocycles. The summed E-state index contributed by atoms with van der Waals surface area (Å²) in [6, 6.07) is 13.9. The molecule has 3 aromatic heterocycles. The Hall–Kier alpha value is -6.36. The number of phenolic OH excluding ortho intramolecular Hbond substituents is 1. The topological polar surface area (TPSA) is 168 Å². The summed E-state index contributed by atoms with van der Waals surface area (Å²) in [5.74, 6) is 2.37. The number of aromatic nitrogens is 5. The first-order chi connectivity index (χ1) is 36.7. The maximum absolute atomic E-state index is 16.7. The van der Waals surface area contributed by atoms with Crippen LogP contribution >= 0.6 is 11.6 Å². The van der Waals surface area contributed by atoms with Crippen molar-refractivity contribution in [3.63, 3.8) is 0 Å². The summed E-state index contributed by atoms with van der Waals surface area (Å²) >= 11 is 6.06. The Morgan fingerprint density at radius 1 is 0.987 bits per heavy atom. The van der Waals surface area contributed by atoms with E-state index in [4.69, 9.17) is 27.7 Å². The molecule has 7 unspecified atom stereocenters. The van der Waals surface area contributed by atoms with E-state index in [1.54, 1.807) is 6.33 Å². The smallest absolute Gasteiger partial charge is 0.319 e. The number of hydrogen-bond acceptors (Lipinski definition) is 14. The summed E-state index contributed by atoms with van der Waals surface area (Å²) in [5.41, 5.74) is 2.32. The average molecular weight is 1060 g/mol. The fraction of sp³-hybridized carbons (Fsp3) is 0.474. The van der Waals surface area contributed by atoms with E-state index in [0.717, 1.165) is 54.9 Å². The lowest BCUT2D eigenvalue weighted by atomic mass is 9.95. The molecule has 0 spiro atoms. The molecule has 3 aromatic carbocycles. The van der Waals surface area contributed by atoms with Gasteiger partial charge in [-0.2, -0.15) is 9.97 Å². The predicted molar refractivity (Wildman–Crippen MR) is 287 cm³/mol. The number of halogens is 4. The number of aliphatic hydroxyl groups excluding tert-OH is 1. The number of piperazine rings is 2. The van der Waals surface area contributed by atoms with E-state index in [1.165, 1.54) is 30.5 Å². The number of terminal acetylenes is 1. The molecule has 398 valence electrons. The number of nitrogens with one attached hydrogen (secondary N) is 2. The SMILES string of the molecule is C#Cc1c(F)ccc2cc(O)cc(-c3ncc4c(N5CC6CCC(C5)N6)nc(OCC56CCCN5CC(F)C6)nc4c3F)c12.CC(C)NCC(C(=O)N1CCN(c2ncnc3c2C(C)CC3O)CC1)c1ccc(Cl)cc1. The van der Waals surface area contributed by atoms with Gasteiger partial charge in [-0.3, -0.25) is 14.7 Å². The maximum Gasteiger partial charge on any atom is 0.319 e. The van der Waals surface area contributed by atoms with Crippen molar-refractivity contribution in [3.8, 4) is 35.4 Å². The summed E-state index contributed by atoms with van der Waals surface area (Å²) in [7, 11) is 0. The van der Waals surface area contributed by atoms with Gasteiger partial charge in [0.2, 0.25) is 5.91 Å². The minimum atomic E-state index is -0.913. The maximum atomic E-state index is 16.7. The zero-order valence-corrected chi connectivity index (χ0v) is 43.7. The Morgan fingerprint density at radius 3 is 2.49 bits per heavy atom. The summed E-state index contributed by atoms with van der Waals surface area (Å²) in [5, 5.41) is 29.6. The Bertz CT molecular complexity index is 3200. The number of nitrogens with zero attached hydrogens (tertiary/aromatic N) is 9. The van der Waals surface area contributed by atoms with Gasteiger partial charge in [-0.15, -0.1) is 6.42 Å². The number of fused-ring (bicyclic) bond motifs is 6. The van der Waals surface area contributed by atoms with Crippen LogP contribution < -0.4 is 25.2 Å². The van der Waals surface area contributed by atoms with Crippen LogP contribution in [0.3, 0.4) is 0 Å². The van der Waals surface area contributed by atoms with Crippen LogP contribution in [0.15, 0.2) is 61.1 Å². The van der Waals surface area contributed by atoms with Crippen LogP contribution in [0.4, 0.5) is 24.8 Å². The van der Waals surface area contributed by atoms with Crippen LogP contribution in [0.2, 0.25) is 5.02 Å². The molecule has 5 saturated heterocycles. The van der Waals surface area contributed by atoms with E-state index < -0.39 is 29.4 Å². The number of hydrogen-bond donors (Lipinski definition) is 4. The van der Waals surface area contributed by atoms with Gasteiger partial charge >= 0.3 is 6.01 Å². The van der Waals surface area contributed by atoms with Gasteiger partial charge < -0.3 is 40.3 Å². The molecule has 2 bridgehead atoms. The van der Waals surface area contributed by atoms with E-state index in [0.29, 0.717) is 105 Å². The summed E-state index contributed by atoms with van der Waals surface area (Å²) in [6.45, 7) is 12.4. The van der Waals surface area contributed by atoms with Crippen molar-refractivity contribution in [1.82, 2.24) is 45.4 Å². The van der Waals surface area contributed by atoms with E-state index >= 15 is 4.39 Å². The third-order valence-corrected chi connectivity index (χ3v) is 16.6. The van der Waals surface area contributed by atoms with Crippen LogP contribution in [0.1, 0.15) is 99.6 Å². The number of aromatic hydroxyl groups is 1. The lowest BCUT2D eigenvalue weighted by molar-refractivity contribution is -0.133. The van der Waals surface area contributed by atoms with Gasteiger partial charge in [-0.05, 0) is 85.8 Å². The van der Waals surface area contributed by atoms with Gasteiger partial charge in [0.1, 0.15) is 53.5 Å². The Balaban J connectivity index is 0.000000171. The largest absolute Gasteiger partial charge is 0.508 e. The first-order valence-electron chi connectivity index (χ1n) is 26.5. The molecule has 19 heteroatoms. The van der Waals surface area contributed by atoms with Crippen molar-refractivity contribution in [2.45, 2.75) is 107 Å². The molecule has 12 rings (SSSR count). The Kier molecular flexibility index (Phi) is 14.4. The highest BCUT2D eigenvalue weighted by Gasteiger charge is 2.49. The average Bonchev–Trinajstić information content (AvgIpc) is 4.16. The number of phenols is 1. The monoisotopic (exact) mass is 1060 g/mol. The molecule has 5 fully saturated rings. The molecule has 4 N–H and O–H groups in total. The molecule has 7 atom stereocenters. The predicted octanol–water partition coefficient (Wildman–Crippen LogP) is 7.81. The van der Waals surface area contributed by atoms with Crippen LogP contribution in [0.5, 0.6) is 11.8 Å². The lowest BCUT2D eigenvalue weighted by Crippen LogP contribution is -2.51. The number of anilines is 2. The first-order valence-corrected chi connectivity index (χ1v) is 26.9. The summed E-state index contributed by atoms with van der Waals surface area (Å²) in [4.78, 5) is 44.6. The van der Waals surface area contributed by atoms with E-state index in [-0.39, 0.29) is 63.8 Å². The number of ether oxygens (including phenoxy) is 1. The molecule has 1 aliphatic carbocycles. The first kappa shape index (κ1) is 51.7. The molecule has 0 radical (unpaired) electrons. The van der Waals surface area contributed by atoms with Crippen molar-refractivity contribution in [3.05, 3.63) is 100 Å². The lowest BCUT2D eigenvalue weighted by Gasteiger charge is -2.38. The standard InChI is InChI=1S/C33H31F3N6O2.C24H32ClN5O2/c1-2-23-26(35)7-4-18-10-22(43)11-24(27(18)23)29-28(36)30-25(13-37-29)31(41-15-20-5-6-21(16-41)38-20)40-32(39-30)44-17-33-8-3-9-42(33)14-19(34)12-33;1-15(2)26-13-19(17-4-6-18(25)7-5-17)24(32)30-10-8-29(9-11-30)23-21-16(3)12-20(31)22(21)27-14-28-23/h1,4,7,10-11,13,19-21,38,43H,3,5-6,8-9,12,14-17H2;4-7,14-16,19-20,26,31H,8-13H2,1-3H3. The number of carbonyl (C=O) groups excluding carboxylic acids is 1. The van der Waals surface area contributed by atoms with Crippen molar-refractivity contribution in [1.29, 1.82) is 0 Å². The van der Waals surface area contributed by atoms with Gasteiger partial charge in [0, 0.05) is 105 Å². The van der Waals surface area contributed by atoms with Crippen LogP contribution in [-0.4, -0.2) is 146 Å². The van der Waals surface area contributed by atoms with Gasteiger partial charge in [0.25, 0.3) is 0 Å². The highest BCUT2D eigenvalue weighted by atomic mass is 35.5. The fourth-order valence-electron chi connectivity index (χ4n) is 12.6. The van der Waals surface area contributed by atoms with Gasteiger partial charge in [-0.25, -0.2) is 23.1 Å². The van der Waals surface area contributed by atoms with Crippen molar-refractivity contribution in [2.24, 2.45) is 0 Å². The number of rotatable bonds is 11. The quantitative estimate of drug-likeness (QED) is 0.0928. The number of amides is 1. The van der Waals surface area contributed by atoms with Gasteiger partial charge in [0.05, 0.1) is 34.2 Å². The Labute approximate surface area is 445 Å². The normalized spacial score (nSPS) is 24.4. The van der Waals surface area contributed by atoms with E-state index in [9.17, 15) is 23.8 Å². The molecule has 5 aliphatic heterocycles. The molecular weight excluding hydrogens is 995 g/mol. The number of alkyl halides is 1. The Morgan fingerprint density at radius 2 is 1.75 bits per heavy atom. The third kappa shape index (κ3) is 9.96. The molecule has 1 amide bonds. The fourth-order valence-corrected chi connectivity index (χ4v) is 12.7. The van der Waals surface area contributed by atoms with Crippen LogP contribution in [0, 0.1) is 24.0 Å². The van der Waals surface area contributed by atoms with Crippen LogP contribution in [-0.2, 0) is 4.79 Å². The molecule has 6 aliphatic rings. The molecule has 76 heavy (non-hydrogen) atoms. The highest BCUT2D eigenvalue weighted by molar-refractivity contribution is 6.30. The van der Waals surface area contributed by atoms with E-state index in [1.807, 2.05) is 29.2 Å². The van der Waals surface area contributed by atoms with Crippen LogP contribution in [0.25, 0.3) is 32.9 Å². The van der Waals surface area contributed by atoms with Gasteiger partial charge in [-0.1, -0.05) is 56.5 Å². The summed E-state index contributed by atoms with van der Waals surface area (Å²) in [6.07, 6.45) is 12.2. The minimum absolute atomic E-state index is 0.00778. The number of benzene rings is 3. The van der Waals surface area contributed by atoms with Crippen molar-refractivity contribution >= 4 is 50.8 Å². The number of pyridine rings is 1.